The normalized spacial score (nSPS) is 15.3. The van der Waals surface area contributed by atoms with Gasteiger partial charge < -0.3 is 19.2 Å². The van der Waals surface area contributed by atoms with Crippen LogP contribution < -0.4 is 9.64 Å². The van der Waals surface area contributed by atoms with Gasteiger partial charge in [0.2, 0.25) is 0 Å². The van der Waals surface area contributed by atoms with Crippen LogP contribution in [-0.4, -0.2) is 15.4 Å². The molecule has 2 atom stereocenters. The average molecular weight is 1040 g/mol. The Morgan fingerprint density at radius 2 is 1.26 bits per heavy atom. The number of hydrogen-bond acceptors (Lipinski definition) is 4. The average Bonchev–Trinajstić information content (AvgIpc) is 3.82. The Kier molecular flexibility index (Phi) is 10.8. The predicted molar refractivity (Wildman–Crippen MR) is 268 cm³/mol. The molecule has 3 heterocycles. The minimum absolute atomic E-state index is 0. The van der Waals surface area contributed by atoms with Crippen LogP contribution in [0.5, 0.6) is 11.5 Å². The van der Waals surface area contributed by atoms with Crippen LogP contribution in [0.25, 0.3) is 49.9 Å². The Balaban J connectivity index is 0.00000511. The van der Waals surface area contributed by atoms with E-state index >= 15 is 0 Å². The van der Waals surface area contributed by atoms with Crippen LogP contribution in [-0.2, 0) is 26.5 Å². The van der Waals surface area contributed by atoms with Crippen molar-refractivity contribution in [2.45, 2.75) is 79.8 Å². The van der Waals surface area contributed by atoms with Crippen LogP contribution in [0.15, 0.2) is 145 Å². The van der Waals surface area contributed by atoms with Gasteiger partial charge in [-0.25, -0.2) is 4.98 Å². The first-order chi connectivity index (χ1) is 31.3. The molecule has 0 radical (unpaired) electrons. The maximum Gasteiger partial charge on any atom is 2.00 e. The van der Waals surface area contributed by atoms with Gasteiger partial charge in [-0.1, -0.05) is 151 Å². The summed E-state index contributed by atoms with van der Waals surface area (Å²) in [7, 11) is 0. The second kappa shape index (κ2) is 16.4. The smallest absolute Gasteiger partial charge is 0.503 e. The third-order valence-electron chi connectivity index (χ3n) is 13.3. The van der Waals surface area contributed by atoms with Crippen molar-refractivity contribution < 1.29 is 25.8 Å². The van der Waals surface area contributed by atoms with Crippen LogP contribution >= 0.6 is 0 Å². The maximum atomic E-state index is 7.10. The third kappa shape index (κ3) is 7.38. The van der Waals surface area contributed by atoms with Gasteiger partial charge in [-0.2, -0.15) is 0 Å². The fourth-order valence-electron chi connectivity index (χ4n) is 10.4. The van der Waals surface area contributed by atoms with E-state index in [4.69, 9.17) is 14.7 Å². The molecule has 328 valence electrons. The second-order valence-corrected chi connectivity index (χ2v) is 19.4. The van der Waals surface area contributed by atoms with Gasteiger partial charge >= 0.3 is 21.1 Å². The number of rotatable bonds is 6. The SMILES string of the molecule is Cc1cc(C)c(N2C(c3[c-]c(Oc4[c-]c(-n5c6ccc(C)cc6c6cccnc65)cc(C(C)(C)C)c4)cc(-c4ccccc4)c3)=N[C@@H]3c4ccc(C)cc4-c4cc(C)ccc4[C@@H]32)c(C)c1.[Pt+2]. The molecule has 0 spiro atoms. The summed E-state index contributed by atoms with van der Waals surface area (Å²) in [6.45, 7) is 19.9. The Bertz CT molecular complexity index is 3410. The van der Waals surface area contributed by atoms with Gasteiger partial charge in [0, 0.05) is 34.2 Å². The molecular formula is C60H52N4OPt. The number of benzene rings is 7. The molecular weight excluding hydrogens is 988 g/mol. The van der Waals surface area contributed by atoms with Gasteiger partial charge in [-0.05, 0) is 110 Å². The van der Waals surface area contributed by atoms with E-state index in [-0.39, 0.29) is 38.6 Å². The zero-order valence-electron chi connectivity index (χ0n) is 38.9. The van der Waals surface area contributed by atoms with E-state index < -0.39 is 0 Å². The topological polar surface area (TPSA) is 42.6 Å². The van der Waals surface area contributed by atoms with E-state index in [0.29, 0.717) is 11.5 Å². The monoisotopic (exact) mass is 1040 g/mol. The number of aromatic nitrogens is 2. The molecule has 7 aromatic carbocycles. The van der Waals surface area contributed by atoms with Gasteiger partial charge in [-0.15, -0.1) is 35.4 Å². The summed E-state index contributed by atoms with van der Waals surface area (Å²) >= 11 is 0. The van der Waals surface area contributed by atoms with Crippen LogP contribution in [0, 0.1) is 53.7 Å². The van der Waals surface area contributed by atoms with Crippen molar-refractivity contribution in [1.82, 2.24) is 9.55 Å². The number of aryl methyl sites for hydroxylation is 6. The molecule has 1 aliphatic heterocycles. The molecule has 2 aromatic heterocycles. The van der Waals surface area contributed by atoms with Gasteiger partial charge in [0.25, 0.3) is 0 Å². The summed E-state index contributed by atoms with van der Waals surface area (Å²) in [5.74, 6) is 2.07. The largest absolute Gasteiger partial charge is 2.00 e. The summed E-state index contributed by atoms with van der Waals surface area (Å²) in [4.78, 5) is 13.3. The van der Waals surface area contributed by atoms with Gasteiger partial charge in [0.05, 0.1) is 23.4 Å². The molecule has 1 aliphatic carbocycles. The Labute approximate surface area is 403 Å². The number of aliphatic imine (C=N–C) groups is 1. The van der Waals surface area contributed by atoms with Crippen molar-refractivity contribution in [3.05, 3.63) is 207 Å². The molecule has 0 saturated heterocycles. The van der Waals surface area contributed by atoms with Crippen molar-refractivity contribution in [1.29, 1.82) is 0 Å². The molecule has 0 amide bonds. The van der Waals surface area contributed by atoms with E-state index in [1.54, 1.807) is 0 Å². The molecule has 0 fully saturated rings. The number of hydrogen-bond donors (Lipinski definition) is 0. The van der Waals surface area contributed by atoms with Crippen LogP contribution in [0.2, 0.25) is 0 Å². The van der Waals surface area contributed by atoms with Crippen LogP contribution in [0.1, 0.15) is 88.5 Å². The summed E-state index contributed by atoms with van der Waals surface area (Å²) in [6.07, 6.45) is 1.87. The Morgan fingerprint density at radius 1 is 0.591 bits per heavy atom. The zero-order chi connectivity index (χ0) is 44.9. The van der Waals surface area contributed by atoms with E-state index in [1.807, 2.05) is 12.3 Å². The molecule has 11 rings (SSSR count). The summed E-state index contributed by atoms with van der Waals surface area (Å²) in [5.41, 5.74) is 20.3. The molecule has 2 aliphatic rings. The van der Waals surface area contributed by atoms with Crippen LogP contribution in [0.3, 0.4) is 0 Å². The standard InChI is InChI=1S/C60H52N4O.Pt/c1-35-17-20-48-51(26-35)52-27-36(2)18-21-49(52)57-55(48)62-58(64(57)56-39(5)24-38(4)25-40(56)6)43-29-42(41-14-11-10-12-15-41)30-46(31-43)65-47-33-44(60(7,8)9)32-45(34-47)63-54-22-19-37(3)28-53(54)50-16-13-23-61-59(50)63;/h10-30,32-33,55,57H,1-9H3;/q-2;+2/t55-,57+;/m1./s1. The molecule has 9 aromatic rings. The molecule has 0 N–H and O–H groups in total. The minimum Gasteiger partial charge on any atom is -0.503 e. The zero-order valence-corrected chi connectivity index (χ0v) is 41.2. The first-order valence-corrected chi connectivity index (χ1v) is 22.7. The van der Waals surface area contributed by atoms with Crippen molar-refractivity contribution in [2.24, 2.45) is 4.99 Å². The second-order valence-electron chi connectivity index (χ2n) is 19.4. The summed E-state index contributed by atoms with van der Waals surface area (Å²) < 4.78 is 9.32. The van der Waals surface area contributed by atoms with E-state index in [2.05, 4.69) is 211 Å². The van der Waals surface area contributed by atoms with Gasteiger partial charge in [0.1, 0.15) is 5.65 Å². The first kappa shape index (κ1) is 43.3. The van der Waals surface area contributed by atoms with Crippen molar-refractivity contribution in [2.75, 3.05) is 4.90 Å². The maximum absolute atomic E-state index is 7.10. The minimum atomic E-state index is -0.186. The van der Waals surface area contributed by atoms with Crippen molar-refractivity contribution in [3.8, 4) is 39.4 Å². The first-order valence-electron chi connectivity index (χ1n) is 22.7. The quantitative estimate of drug-likeness (QED) is 0.156. The van der Waals surface area contributed by atoms with Crippen molar-refractivity contribution >= 4 is 33.5 Å². The molecule has 0 bridgehead atoms. The summed E-state index contributed by atoms with van der Waals surface area (Å²) in [5, 5.41) is 2.27. The fraction of sp³-hybridized carbons (Fsp3) is 0.200. The fourth-order valence-corrected chi connectivity index (χ4v) is 10.4. The number of ether oxygens (including phenoxy) is 1. The number of fused-ring (bicyclic) bond motifs is 9. The predicted octanol–water partition coefficient (Wildman–Crippen LogP) is 15.1. The Morgan fingerprint density at radius 3 is 1.98 bits per heavy atom. The number of anilines is 1. The van der Waals surface area contributed by atoms with Crippen LogP contribution in [0.4, 0.5) is 5.69 Å². The number of amidine groups is 1. The van der Waals surface area contributed by atoms with Gasteiger partial charge in [0.15, 0.2) is 0 Å². The molecule has 0 saturated carbocycles. The number of nitrogens with zero attached hydrogens (tertiary/aromatic N) is 4. The summed E-state index contributed by atoms with van der Waals surface area (Å²) in [6, 6.07) is 55.8. The van der Waals surface area contributed by atoms with E-state index in [1.165, 1.54) is 61.3 Å². The molecule has 0 unspecified atom stereocenters. The van der Waals surface area contributed by atoms with E-state index in [0.717, 1.165) is 55.7 Å². The third-order valence-corrected chi connectivity index (χ3v) is 13.3. The van der Waals surface area contributed by atoms with Gasteiger partial charge in [-0.3, -0.25) is 0 Å². The Hall–Kier alpha value is -6.55. The van der Waals surface area contributed by atoms with E-state index in [9.17, 15) is 0 Å². The molecule has 5 nitrogen and oxygen atoms in total. The number of pyridine rings is 1. The molecule has 6 heteroatoms. The molecule has 66 heavy (non-hydrogen) atoms. The van der Waals surface area contributed by atoms with Crippen molar-refractivity contribution in [3.63, 3.8) is 0 Å².